The van der Waals surface area contributed by atoms with Gasteiger partial charge in [0, 0.05) is 16.8 Å². The van der Waals surface area contributed by atoms with Crippen LogP contribution in [0.5, 0.6) is 11.5 Å². The monoisotopic (exact) mass is 485 g/mol. The summed E-state index contributed by atoms with van der Waals surface area (Å²) in [7, 11) is 1.54. The van der Waals surface area contributed by atoms with E-state index >= 15 is 0 Å². The Morgan fingerprint density at radius 3 is 2.33 bits per heavy atom. The smallest absolute Gasteiger partial charge is 0.300 e. The SMILES string of the molecule is CCCCCOc1ccc(/C(O)=C2\C(=O)C(=O)N(c3ccccc3C)C2c2ccccc2OC)cc1. The maximum Gasteiger partial charge on any atom is 0.300 e. The van der Waals surface area contributed by atoms with Crippen molar-refractivity contribution in [2.45, 2.75) is 39.2 Å². The zero-order chi connectivity index (χ0) is 25.7. The van der Waals surface area contributed by atoms with Crippen LogP contribution in [-0.4, -0.2) is 30.5 Å². The van der Waals surface area contributed by atoms with Crippen molar-refractivity contribution in [2.75, 3.05) is 18.6 Å². The van der Waals surface area contributed by atoms with Crippen LogP contribution in [0, 0.1) is 6.92 Å². The van der Waals surface area contributed by atoms with Crippen LogP contribution in [0.3, 0.4) is 0 Å². The van der Waals surface area contributed by atoms with Gasteiger partial charge in [-0.2, -0.15) is 0 Å². The van der Waals surface area contributed by atoms with Gasteiger partial charge in [-0.15, -0.1) is 0 Å². The summed E-state index contributed by atoms with van der Waals surface area (Å²) in [6.07, 6.45) is 3.19. The van der Waals surface area contributed by atoms with E-state index < -0.39 is 17.7 Å². The summed E-state index contributed by atoms with van der Waals surface area (Å²) in [4.78, 5) is 28.2. The molecule has 0 saturated carbocycles. The van der Waals surface area contributed by atoms with Gasteiger partial charge in [-0.05, 0) is 55.3 Å². The number of carbonyl (C=O) groups is 2. The Hall–Kier alpha value is -4.06. The lowest BCUT2D eigenvalue weighted by Gasteiger charge is -2.27. The Kier molecular flexibility index (Phi) is 7.74. The number of aliphatic hydroxyl groups is 1. The van der Waals surface area contributed by atoms with Crippen molar-refractivity contribution in [1.82, 2.24) is 0 Å². The minimum Gasteiger partial charge on any atom is -0.507 e. The highest BCUT2D eigenvalue weighted by molar-refractivity contribution is 6.51. The number of Topliss-reactive ketones (excluding diaryl/α,β-unsaturated/α-hetero) is 1. The predicted octanol–water partition coefficient (Wildman–Crippen LogP) is 6.20. The molecule has 3 aromatic carbocycles. The molecule has 1 aliphatic rings. The first-order valence-electron chi connectivity index (χ1n) is 12.2. The van der Waals surface area contributed by atoms with Crippen LogP contribution >= 0.6 is 0 Å². The highest BCUT2D eigenvalue weighted by Gasteiger charge is 2.48. The van der Waals surface area contributed by atoms with E-state index in [1.54, 1.807) is 42.5 Å². The van der Waals surface area contributed by atoms with Crippen molar-refractivity contribution >= 4 is 23.1 Å². The number of unbranched alkanes of at least 4 members (excludes halogenated alkanes) is 2. The zero-order valence-electron chi connectivity index (χ0n) is 20.9. The average Bonchev–Trinajstić information content (AvgIpc) is 3.16. The van der Waals surface area contributed by atoms with Crippen LogP contribution in [0.25, 0.3) is 5.76 Å². The van der Waals surface area contributed by atoms with E-state index in [0.29, 0.717) is 34.9 Å². The molecule has 36 heavy (non-hydrogen) atoms. The third-order valence-corrected chi connectivity index (χ3v) is 6.40. The first kappa shape index (κ1) is 25.0. The second kappa shape index (κ2) is 11.1. The van der Waals surface area contributed by atoms with Crippen molar-refractivity contribution in [2.24, 2.45) is 0 Å². The molecule has 6 heteroatoms. The molecule has 1 saturated heterocycles. The summed E-state index contributed by atoms with van der Waals surface area (Å²) in [5.74, 6) is -0.476. The molecule has 6 nitrogen and oxygen atoms in total. The van der Waals surface area contributed by atoms with Crippen LogP contribution in [-0.2, 0) is 9.59 Å². The second-order valence-corrected chi connectivity index (χ2v) is 8.78. The van der Waals surface area contributed by atoms with E-state index in [1.807, 2.05) is 37.3 Å². The summed E-state index contributed by atoms with van der Waals surface area (Å²) >= 11 is 0. The molecule has 0 spiro atoms. The van der Waals surface area contributed by atoms with Gasteiger partial charge in [0.1, 0.15) is 17.3 Å². The Bertz CT molecular complexity index is 1280. The number of carbonyl (C=O) groups excluding carboxylic acids is 2. The summed E-state index contributed by atoms with van der Waals surface area (Å²) in [5, 5.41) is 11.4. The summed E-state index contributed by atoms with van der Waals surface area (Å²) in [5.41, 5.74) is 2.50. The van der Waals surface area contributed by atoms with Gasteiger partial charge in [-0.1, -0.05) is 56.2 Å². The normalized spacial score (nSPS) is 16.9. The van der Waals surface area contributed by atoms with E-state index in [0.717, 1.165) is 24.8 Å². The molecule has 0 bridgehead atoms. The minimum absolute atomic E-state index is 0.0179. The molecule has 1 N–H and O–H groups in total. The highest BCUT2D eigenvalue weighted by Crippen LogP contribution is 2.45. The van der Waals surface area contributed by atoms with E-state index in [1.165, 1.54) is 12.0 Å². The molecule has 4 rings (SSSR count). The third kappa shape index (κ3) is 4.85. The molecule has 1 unspecified atom stereocenters. The lowest BCUT2D eigenvalue weighted by atomic mass is 9.94. The van der Waals surface area contributed by atoms with E-state index in [9.17, 15) is 14.7 Å². The number of nitrogens with zero attached hydrogens (tertiary/aromatic N) is 1. The van der Waals surface area contributed by atoms with Crippen molar-refractivity contribution in [3.8, 4) is 11.5 Å². The summed E-state index contributed by atoms with van der Waals surface area (Å²) < 4.78 is 11.3. The van der Waals surface area contributed by atoms with Crippen molar-refractivity contribution in [3.05, 3.63) is 95.1 Å². The number of aliphatic hydroxyl groups excluding tert-OH is 1. The Morgan fingerprint density at radius 2 is 1.64 bits per heavy atom. The number of benzene rings is 3. The standard InChI is InChI=1S/C30H31NO5/c1-4-5-10-19-36-22-17-15-21(16-18-22)28(32)26-27(23-12-7-9-14-25(23)35-3)31(30(34)29(26)33)24-13-8-6-11-20(24)2/h6-9,11-18,27,32H,4-5,10,19H2,1-3H3/b28-26+. The van der Waals surface area contributed by atoms with Crippen LogP contribution in [0.2, 0.25) is 0 Å². The molecule has 1 heterocycles. The second-order valence-electron chi connectivity index (χ2n) is 8.78. The van der Waals surface area contributed by atoms with Crippen molar-refractivity contribution in [1.29, 1.82) is 0 Å². The maximum absolute atomic E-state index is 13.4. The number of ether oxygens (including phenoxy) is 2. The number of methoxy groups -OCH3 is 1. The summed E-state index contributed by atoms with van der Waals surface area (Å²) in [6, 6.07) is 20.7. The van der Waals surface area contributed by atoms with Crippen LogP contribution in [0.15, 0.2) is 78.4 Å². The fourth-order valence-electron chi connectivity index (χ4n) is 4.51. The average molecular weight is 486 g/mol. The van der Waals surface area contributed by atoms with Crippen molar-refractivity contribution < 1.29 is 24.2 Å². The van der Waals surface area contributed by atoms with Gasteiger partial charge in [0.15, 0.2) is 0 Å². The lowest BCUT2D eigenvalue weighted by Crippen LogP contribution is -2.30. The number of hydrogen-bond acceptors (Lipinski definition) is 5. The molecule has 0 aromatic heterocycles. The molecule has 0 aliphatic carbocycles. The Morgan fingerprint density at radius 1 is 0.944 bits per heavy atom. The molecule has 0 radical (unpaired) electrons. The van der Waals surface area contributed by atoms with E-state index in [-0.39, 0.29) is 11.3 Å². The molecule has 186 valence electrons. The Balaban J connectivity index is 1.80. The van der Waals surface area contributed by atoms with Crippen LogP contribution in [0.1, 0.15) is 48.9 Å². The van der Waals surface area contributed by atoms with E-state index in [2.05, 4.69) is 6.92 Å². The van der Waals surface area contributed by atoms with Gasteiger partial charge < -0.3 is 14.6 Å². The van der Waals surface area contributed by atoms with Gasteiger partial charge >= 0.3 is 0 Å². The summed E-state index contributed by atoms with van der Waals surface area (Å²) in [6.45, 7) is 4.64. The quantitative estimate of drug-likeness (QED) is 0.169. The zero-order valence-corrected chi connectivity index (χ0v) is 20.9. The van der Waals surface area contributed by atoms with Crippen molar-refractivity contribution in [3.63, 3.8) is 0 Å². The third-order valence-electron chi connectivity index (χ3n) is 6.40. The lowest BCUT2D eigenvalue weighted by molar-refractivity contribution is -0.132. The minimum atomic E-state index is -0.854. The highest BCUT2D eigenvalue weighted by atomic mass is 16.5. The topological polar surface area (TPSA) is 76.1 Å². The van der Waals surface area contributed by atoms with E-state index in [4.69, 9.17) is 9.47 Å². The number of hydrogen-bond donors (Lipinski definition) is 1. The number of aryl methyl sites for hydroxylation is 1. The molecule has 1 fully saturated rings. The van der Waals surface area contributed by atoms with Gasteiger partial charge in [0.25, 0.3) is 11.7 Å². The number of para-hydroxylation sites is 2. The fourth-order valence-corrected chi connectivity index (χ4v) is 4.51. The number of ketones is 1. The molecule has 1 atom stereocenters. The number of rotatable bonds is 9. The van der Waals surface area contributed by atoms with Crippen LogP contribution in [0.4, 0.5) is 5.69 Å². The molecular formula is C30H31NO5. The molecule has 3 aromatic rings. The first-order valence-corrected chi connectivity index (χ1v) is 12.2. The van der Waals surface area contributed by atoms with Gasteiger partial charge in [-0.3, -0.25) is 14.5 Å². The number of amides is 1. The van der Waals surface area contributed by atoms with Crippen LogP contribution < -0.4 is 14.4 Å². The van der Waals surface area contributed by atoms with Gasteiger partial charge in [0.2, 0.25) is 0 Å². The molecular weight excluding hydrogens is 454 g/mol. The Labute approximate surface area is 211 Å². The molecule has 1 aliphatic heterocycles. The van der Waals surface area contributed by atoms with Gasteiger partial charge in [-0.25, -0.2) is 0 Å². The maximum atomic E-state index is 13.4. The fraction of sp³-hybridized carbons (Fsp3) is 0.267. The molecule has 1 amide bonds. The number of anilines is 1. The predicted molar refractivity (Wildman–Crippen MR) is 140 cm³/mol. The van der Waals surface area contributed by atoms with Gasteiger partial charge in [0.05, 0.1) is 25.3 Å². The first-order chi connectivity index (χ1) is 17.5. The largest absolute Gasteiger partial charge is 0.507 e.